The molecule has 0 heterocycles. The van der Waals surface area contributed by atoms with Crippen LogP contribution in [0.4, 0.5) is 4.39 Å². The molecule has 0 saturated heterocycles. The van der Waals surface area contributed by atoms with Crippen molar-refractivity contribution in [1.82, 2.24) is 5.32 Å². The molecule has 1 amide bonds. The molecule has 0 bridgehead atoms. The van der Waals surface area contributed by atoms with E-state index in [1.54, 1.807) is 0 Å². The number of nitrogens with two attached hydrogens (primary N) is 1. The molecule has 0 aromatic heterocycles. The Balaban J connectivity index is 2.44. The molecule has 2 rings (SSSR count). The van der Waals surface area contributed by atoms with Gasteiger partial charge in [0.2, 0.25) is 10.0 Å². The molecule has 1 fully saturated rings. The highest BCUT2D eigenvalue weighted by Crippen LogP contribution is 2.35. The van der Waals surface area contributed by atoms with E-state index in [1.165, 1.54) is 0 Å². The zero-order valence-electron chi connectivity index (χ0n) is 11.0. The average molecular weight is 355 g/mol. The number of halogens is 3. The summed E-state index contributed by atoms with van der Waals surface area (Å²) in [5.74, 6) is -1.36. The van der Waals surface area contributed by atoms with Crippen molar-refractivity contribution in [3.05, 3.63) is 27.5 Å². The minimum Gasteiger partial charge on any atom is -0.349 e. The van der Waals surface area contributed by atoms with E-state index in [9.17, 15) is 17.6 Å². The SMILES string of the molecule is CC(NC(=O)c1cc(F)c(Cl)c(S(N)(=O)=O)c1Cl)C1CC1. The van der Waals surface area contributed by atoms with Gasteiger partial charge in [0.15, 0.2) is 0 Å². The molecule has 3 N–H and O–H groups in total. The van der Waals surface area contributed by atoms with Crippen LogP contribution in [0.25, 0.3) is 0 Å². The van der Waals surface area contributed by atoms with Gasteiger partial charge in [0.1, 0.15) is 10.7 Å². The molecule has 1 saturated carbocycles. The lowest BCUT2D eigenvalue weighted by molar-refractivity contribution is 0.0935. The first-order valence-corrected chi connectivity index (χ1v) is 8.44. The molecule has 5 nitrogen and oxygen atoms in total. The molecule has 1 aromatic carbocycles. The number of primary sulfonamides is 1. The fourth-order valence-electron chi connectivity index (χ4n) is 1.99. The number of carbonyl (C=O) groups excluding carboxylic acids is 1. The Kier molecular flexibility index (Phi) is 4.49. The van der Waals surface area contributed by atoms with Crippen molar-refractivity contribution in [2.75, 3.05) is 0 Å². The first kappa shape index (κ1) is 16.5. The fraction of sp³-hybridized carbons (Fsp3) is 0.417. The predicted molar refractivity (Wildman–Crippen MR) is 77.4 cm³/mol. The van der Waals surface area contributed by atoms with Crippen LogP contribution in [0.1, 0.15) is 30.1 Å². The minimum absolute atomic E-state index is 0.106. The Labute approximate surface area is 131 Å². The zero-order valence-corrected chi connectivity index (χ0v) is 13.3. The molecule has 0 spiro atoms. The van der Waals surface area contributed by atoms with Crippen LogP contribution in [0.15, 0.2) is 11.0 Å². The van der Waals surface area contributed by atoms with Crippen molar-refractivity contribution in [2.45, 2.75) is 30.7 Å². The summed E-state index contributed by atoms with van der Waals surface area (Å²) in [6, 6.07) is 0.694. The first-order valence-electron chi connectivity index (χ1n) is 6.14. The molecular formula is C12H13Cl2FN2O3S. The third-order valence-electron chi connectivity index (χ3n) is 3.33. The van der Waals surface area contributed by atoms with E-state index < -0.39 is 36.7 Å². The summed E-state index contributed by atoms with van der Waals surface area (Å²) in [6.07, 6.45) is 2.01. The highest BCUT2D eigenvalue weighted by Gasteiger charge is 2.31. The number of nitrogens with one attached hydrogen (secondary N) is 1. The average Bonchev–Trinajstić information content (AvgIpc) is 3.16. The van der Waals surface area contributed by atoms with Crippen LogP contribution in [0, 0.1) is 11.7 Å². The van der Waals surface area contributed by atoms with Crippen LogP contribution >= 0.6 is 23.2 Å². The molecule has 1 aliphatic carbocycles. The fourth-order valence-corrected chi connectivity index (χ4v) is 3.78. The van der Waals surface area contributed by atoms with Gasteiger partial charge in [0, 0.05) is 6.04 Å². The summed E-state index contributed by atoms with van der Waals surface area (Å²) in [5, 5.41) is 6.41. The molecule has 0 aliphatic heterocycles. The second-order valence-electron chi connectivity index (χ2n) is 5.01. The molecule has 9 heteroatoms. The van der Waals surface area contributed by atoms with E-state index in [2.05, 4.69) is 5.32 Å². The smallest absolute Gasteiger partial charge is 0.253 e. The zero-order chi connectivity index (χ0) is 15.9. The molecule has 1 atom stereocenters. The maximum Gasteiger partial charge on any atom is 0.253 e. The third-order valence-corrected chi connectivity index (χ3v) is 5.30. The van der Waals surface area contributed by atoms with Gasteiger partial charge >= 0.3 is 0 Å². The van der Waals surface area contributed by atoms with E-state index in [-0.39, 0.29) is 11.6 Å². The van der Waals surface area contributed by atoms with E-state index >= 15 is 0 Å². The van der Waals surface area contributed by atoms with Gasteiger partial charge in [-0.1, -0.05) is 23.2 Å². The molecule has 1 aliphatic rings. The number of benzene rings is 1. The largest absolute Gasteiger partial charge is 0.349 e. The molecule has 116 valence electrons. The van der Waals surface area contributed by atoms with Crippen molar-refractivity contribution in [3.8, 4) is 0 Å². The number of carbonyl (C=O) groups is 1. The van der Waals surface area contributed by atoms with E-state index in [1.807, 2.05) is 6.92 Å². The van der Waals surface area contributed by atoms with Crippen molar-refractivity contribution in [1.29, 1.82) is 0 Å². The van der Waals surface area contributed by atoms with Crippen LogP contribution in [0.2, 0.25) is 10.0 Å². The number of sulfonamides is 1. The van der Waals surface area contributed by atoms with E-state index in [0.29, 0.717) is 5.92 Å². The molecular weight excluding hydrogens is 342 g/mol. The van der Waals surface area contributed by atoms with Crippen LogP contribution < -0.4 is 10.5 Å². The van der Waals surface area contributed by atoms with Gasteiger partial charge < -0.3 is 5.32 Å². The summed E-state index contributed by atoms with van der Waals surface area (Å²) in [4.78, 5) is 11.3. The Morgan fingerprint density at radius 1 is 1.43 bits per heavy atom. The first-order chi connectivity index (χ1) is 9.62. The summed E-state index contributed by atoms with van der Waals surface area (Å²) >= 11 is 11.4. The summed E-state index contributed by atoms with van der Waals surface area (Å²) in [6.45, 7) is 1.82. The Bertz CT molecular complexity index is 705. The molecule has 21 heavy (non-hydrogen) atoms. The summed E-state index contributed by atoms with van der Waals surface area (Å²) in [7, 11) is -4.36. The topological polar surface area (TPSA) is 89.3 Å². The normalized spacial score (nSPS) is 16.6. The molecule has 1 aromatic rings. The van der Waals surface area contributed by atoms with E-state index in [4.69, 9.17) is 28.3 Å². The number of amides is 1. The quantitative estimate of drug-likeness (QED) is 0.813. The summed E-state index contributed by atoms with van der Waals surface area (Å²) < 4.78 is 36.6. The second kappa shape index (κ2) is 5.72. The number of hydrogen-bond donors (Lipinski definition) is 2. The second-order valence-corrected chi connectivity index (χ2v) is 7.26. The predicted octanol–water partition coefficient (Wildman–Crippen LogP) is 2.31. The van der Waals surface area contributed by atoms with Gasteiger partial charge in [-0.25, -0.2) is 17.9 Å². The highest BCUT2D eigenvalue weighted by atomic mass is 35.5. The lowest BCUT2D eigenvalue weighted by Gasteiger charge is -2.15. The maximum atomic E-state index is 13.7. The van der Waals surface area contributed by atoms with Gasteiger partial charge in [0.25, 0.3) is 5.91 Å². The van der Waals surface area contributed by atoms with Crippen LogP contribution in [0.3, 0.4) is 0 Å². The van der Waals surface area contributed by atoms with Crippen molar-refractivity contribution in [3.63, 3.8) is 0 Å². The molecule has 1 unspecified atom stereocenters. The Morgan fingerprint density at radius 2 is 2.00 bits per heavy atom. The van der Waals surface area contributed by atoms with Crippen LogP contribution in [-0.4, -0.2) is 20.4 Å². The van der Waals surface area contributed by atoms with Gasteiger partial charge in [-0.15, -0.1) is 0 Å². The van der Waals surface area contributed by atoms with Gasteiger partial charge in [-0.2, -0.15) is 0 Å². The Hall–Kier alpha value is -0.890. The summed E-state index contributed by atoms with van der Waals surface area (Å²) in [5.41, 5.74) is -0.310. The van der Waals surface area contributed by atoms with Crippen molar-refractivity contribution < 1.29 is 17.6 Å². The standard InChI is InChI=1S/C12H13Cl2FN2O3S/c1-5(6-2-3-6)17-12(18)7-4-8(15)10(14)11(9(7)13)21(16,19)20/h4-6H,2-3H2,1H3,(H,17,18)(H2,16,19,20). The monoisotopic (exact) mass is 354 g/mol. The van der Waals surface area contributed by atoms with Crippen LogP contribution in [0.5, 0.6) is 0 Å². The van der Waals surface area contributed by atoms with Crippen molar-refractivity contribution in [2.24, 2.45) is 11.1 Å². The third kappa shape index (κ3) is 3.48. The van der Waals surface area contributed by atoms with Gasteiger partial charge in [0.05, 0.1) is 15.6 Å². The number of rotatable bonds is 4. The van der Waals surface area contributed by atoms with Gasteiger partial charge in [-0.05, 0) is 31.7 Å². The van der Waals surface area contributed by atoms with Crippen LogP contribution in [-0.2, 0) is 10.0 Å². The van der Waals surface area contributed by atoms with Crippen molar-refractivity contribution >= 4 is 39.1 Å². The van der Waals surface area contributed by atoms with E-state index in [0.717, 1.165) is 18.9 Å². The highest BCUT2D eigenvalue weighted by molar-refractivity contribution is 7.89. The maximum absolute atomic E-state index is 13.7. The Morgan fingerprint density at radius 3 is 2.48 bits per heavy atom. The lowest BCUT2D eigenvalue weighted by Crippen LogP contribution is -2.34. The minimum atomic E-state index is -4.36. The number of hydrogen-bond acceptors (Lipinski definition) is 3. The van der Waals surface area contributed by atoms with Gasteiger partial charge in [-0.3, -0.25) is 4.79 Å². The lowest BCUT2D eigenvalue weighted by atomic mass is 10.1. The molecule has 0 radical (unpaired) electrons.